The molecule has 17 heavy (non-hydrogen) atoms. The molecule has 1 aromatic heterocycles. The number of aliphatic carboxylic acids is 1. The van der Waals surface area contributed by atoms with E-state index in [-0.39, 0.29) is 6.42 Å². The number of anilines is 1. The molecule has 0 aliphatic rings. The predicted octanol–water partition coefficient (Wildman–Crippen LogP) is 2.88. The van der Waals surface area contributed by atoms with Crippen molar-refractivity contribution < 1.29 is 9.90 Å². The lowest BCUT2D eigenvalue weighted by molar-refractivity contribution is -0.136. The van der Waals surface area contributed by atoms with Crippen molar-refractivity contribution in [2.24, 2.45) is 0 Å². The molecular formula is C12H11BrN2O2. The molecular weight excluding hydrogens is 284 g/mol. The van der Waals surface area contributed by atoms with Crippen molar-refractivity contribution in [1.82, 2.24) is 4.98 Å². The maximum Gasteiger partial charge on any atom is 0.305 e. The number of hydrogen-bond donors (Lipinski definition) is 2. The van der Waals surface area contributed by atoms with Gasteiger partial charge in [0, 0.05) is 22.6 Å². The van der Waals surface area contributed by atoms with Gasteiger partial charge in [0.2, 0.25) is 0 Å². The van der Waals surface area contributed by atoms with E-state index in [2.05, 4.69) is 26.2 Å². The number of halogens is 1. The third-order valence-electron chi connectivity index (χ3n) is 2.36. The normalized spacial score (nSPS) is 10.4. The number of hydrogen-bond acceptors (Lipinski definition) is 3. The molecule has 0 amide bonds. The molecule has 0 aliphatic carbocycles. The highest BCUT2D eigenvalue weighted by atomic mass is 79.9. The van der Waals surface area contributed by atoms with E-state index in [1.165, 1.54) is 0 Å². The Morgan fingerprint density at radius 3 is 3.00 bits per heavy atom. The van der Waals surface area contributed by atoms with E-state index in [9.17, 15) is 4.79 Å². The summed E-state index contributed by atoms with van der Waals surface area (Å²) in [6, 6.07) is 7.81. The third kappa shape index (κ3) is 2.94. The van der Waals surface area contributed by atoms with Crippen molar-refractivity contribution in [3.05, 3.63) is 34.9 Å². The van der Waals surface area contributed by atoms with E-state index in [4.69, 9.17) is 5.11 Å². The number of nitrogens with zero attached hydrogens (tertiary/aromatic N) is 1. The fraction of sp³-hybridized carbons (Fsp3) is 0.167. The zero-order valence-corrected chi connectivity index (χ0v) is 10.6. The molecule has 2 N–H and O–H groups in total. The van der Waals surface area contributed by atoms with E-state index < -0.39 is 5.97 Å². The summed E-state index contributed by atoms with van der Waals surface area (Å²) in [5.74, 6) is -0.100. The monoisotopic (exact) mass is 294 g/mol. The van der Waals surface area contributed by atoms with Crippen LogP contribution in [0.1, 0.15) is 6.42 Å². The quantitative estimate of drug-likeness (QED) is 0.910. The molecule has 0 fully saturated rings. The molecule has 0 saturated carbocycles. The highest BCUT2D eigenvalue weighted by molar-refractivity contribution is 9.10. The molecule has 2 aromatic rings. The lowest BCUT2D eigenvalue weighted by Crippen LogP contribution is -2.08. The van der Waals surface area contributed by atoms with Gasteiger partial charge in [-0.05, 0) is 29.7 Å². The molecule has 4 nitrogen and oxygen atoms in total. The van der Waals surface area contributed by atoms with Crippen LogP contribution in [0.3, 0.4) is 0 Å². The zero-order valence-electron chi connectivity index (χ0n) is 8.98. The second-order valence-corrected chi connectivity index (χ2v) is 4.51. The first-order valence-corrected chi connectivity index (χ1v) is 5.96. The van der Waals surface area contributed by atoms with Crippen LogP contribution < -0.4 is 5.32 Å². The van der Waals surface area contributed by atoms with Crippen molar-refractivity contribution in [2.45, 2.75) is 6.42 Å². The first kappa shape index (κ1) is 11.9. The van der Waals surface area contributed by atoms with E-state index in [0.29, 0.717) is 6.54 Å². The summed E-state index contributed by atoms with van der Waals surface area (Å²) in [5, 5.41) is 13.7. The lowest BCUT2D eigenvalue weighted by atomic mass is 10.1. The van der Waals surface area contributed by atoms with Crippen molar-refractivity contribution in [3.63, 3.8) is 0 Å². The van der Waals surface area contributed by atoms with Gasteiger partial charge in [-0.15, -0.1) is 0 Å². The summed E-state index contributed by atoms with van der Waals surface area (Å²) >= 11 is 3.41. The number of aromatic nitrogens is 1. The molecule has 0 aliphatic heterocycles. The third-order valence-corrected chi connectivity index (χ3v) is 2.85. The van der Waals surface area contributed by atoms with Gasteiger partial charge in [0.1, 0.15) is 5.82 Å². The van der Waals surface area contributed by atoms with Crippen molar-refractivity contribution in [1.29, 1.82) is 0 Å². The minimum atomic E-state index is -0.819. The van der Waals surface area contributed by atoms with Crippen LogP contribution in [-0.2, 0) is 4.79 Å². The molecule has 0 unspecified atom stereocenters. The Morgan fingerprint density at radius 2 is 2.24 bits per heavy atom. The summed E-state index contributed by atoms with van der Waals surface area (Å²) in [5.41, 5.74) is 0. The molecule has 0 saturated heterocycles. The Balaban J connectivity index is 2.25. The molecule has 0 atom stereocenters. The van der Waals surface area contributed by atoms with E-state index in [1.54, 1.807) is 6.20 Å². The fourth-order valence-corrected chi connectivity index (χ4v) is 1.96. The van der Waals surface area contributed by atoms with Crippen LogP contribution in [0.5, 0.6) is 0 Å². The molecule has 0 spiro atoms. The molecule has 5 heteroatoms. The van der Waals surface area contributed by atoms with E-state index in [0.717, 1.165) is 21.1 Å². The Morgan fingerprint density at radius 1 is 1.41 bits per heavy atom. The number of carboxylic acid groups (broad SMARTS) is 1. The van der Waals surface area contributed by atoms with Gasteiger partial charge in [-0.1, -0.05) is 15.9 Å². The molecule has 88 valence electrons. The van der Waals surface area contributed by atoms with Gasteiger partial charge >= 0.3 is 5.97 Å². The highest BCUT2D eigenvalue weighted by Crippen LogP contribution is 2.24. The van der Waals surface area contributed by atoms with Crippen LogP contribution in [0.25, 0.3) is 10.8 Å². The largest absolute Gasteiger partial charge is 0.481 e. The Kier molecular flexibility index (Phi) is 3.58. The average molecular weight is 295 g/mol. The number of pyridine rings is 1. The van der Waals surface area contributed by atoms with Crippen LogP contribution in [-0.4, -0.2) is 22.6 Å². The number of nitrogens with one attached hydrogen (secondary N) is 1. The topological polar surface area (TPSA) is 62.2 Å². The summed E-state index contributed by atoms with van der Waals surface area (Å²) in [6.45, 7) is 0.373. The summed E-state index contributed by atoms with van der Waals surface area (Å²) in [4.78, 5) is 14.6. The first-order valence-electron chi connectivity index (χ1n) is 5.17. The molecule has 0 bridgehead atoms. The van der Waals surface area contributed by atoms with Gasteiger partial charge in [-0.25, -0.2) is 4.98 Å². The predicted molar refractivity (Wildman–Crippen MR) is 70.2 cm³/mol. The lowest BCUT2D eigenvalue weighted by Gasteiger charge is -2.07. The molecule has 1 aromatic carbocycles. The number of benzene rings is 1. The molecule has 0 radical (unpaired) electrons. The van der Waals surface area contributed by atoms with Gasteiger partial charge in [-0.2, -0.15) is 0 Å². The van der Waals surface area contributed by atoms with Gasteiger partial charge in [-0.3, -0.25) is 4.79 Å². The minimum Gasteiger partial charge on any atom is -0.481 e. The zero-order chi connectivity index (χ0) is 12.3. The Labute approximate surface area is 107 Å². The number of rotatable bonds is 4. The summed E-state index contributed by atoms with van der Waals surface area (Å²) < 4.78 is 1.01. The molecule has 2 rings (SSSR count). The van der Waals surface area contributed by atoms with Gasteiger partial charge in [0.25, 0.3) is 0 Å². The van der Waals surface area contributed by atoms with Crippen molar-refractivity contribution in [2.75, 3.05) is 11.9 Å². The summed E-state index contributed by atoms with van der Waals surface area (Å²) in [7, 11) is 0. The highest BCUT2D eigenvalue weighted by Gasteiger charge is 2.03. The van der Waals surface area contributed by atoms with Crippen LogP contribution in [0.4, 0.5) is 5.82 Å². The standard InChI is InChI=1S/C12H11BrN2O2/c13-9-1-2-10-8(7-9)3-5-14-12(10)15-6-4-11(16)17/h1-3,5,7H,4,6H2,(H,14,15)(H,16,17). The van der Waals surface area contributed by atoms with Crippen LogP contribution in [0.15, 0.2) is 34.9 Å². The number of fused-ring (bicyclic) bond motifs is 1. The van der Waals surface area contributed by atoms with E-state index in [1.807, 2.05) is 24.3 Å². The van der Waals surface area contributed by atoms with Crippen LogP contribution in [0.2, 0.25) is 0 Å². The fourth-order valence-electron chi connectivity index (χ4n) is 1.58. The van der Waals surface area contributed by atoms with Crippen molar-refractivity contribution in [3.8, 4) is 0 Å². The second kappa shape index (κ2) is 5.14. The maximum absolute atomic E-state index is 10.4. The van der Waals surface area contributed by atoms with Crippen molar-refractivity contribution >= 4 is 38.5 Å². The minimum absolute atomic E-state index is 0.0780. The first-order chi connectivity index (χ1) is 8.16. The van der Waals surface area contributed by atoms with E-state index >= 15 is 0 Å². The molecule has 1 heterocycles. The maximum atomic E-state index is 10.4. The Hall–Kier alpha value is -1.62. The number of carbonyl (C=O) groups is 1. The van der Waals surface area contributed by atoms with Gasteiger partial charge in [0.05, 0.1) is 6.42 Å². The SMILES string of the molecule is O=C(O)CCNc1nccc2cc(Br)ccc12. The Bertz CT molecular complexity index is 557. The second-order valence-electron chi connectivity index (χ2n) is 3.60. The van der Waals surface area contributed by atoms with Crippen LogP contribution in [0, 0.1) is 0 Å². The smallest absolute Gasteiger partial charge is 0.305 e. The van der Waals surface area contributed by atoms with Crippen LogP contribution >= 0.6 is 15.9 Å². The number of carboxylic acids is 1. The van der Waals surface area contributed by atoms with Gasteiger partial charge < -0.3 is 10.4 Å². The summed E-state index contributed by atoms with van der Waals surface area (Å²) in [6.07, 6.45) is 1.78. The average Bonchev–Trinajstić information content (AvgIpc) is 2.28. The van der Waals surface area contributed by atoms with Gasteiger partial charge in [0.15, 0.2) is 0 Å².